The van der Waals surface area contributed by atoms with Gasteiger partial charge in [0.2, 0.25) is 5.91 Å². The molecule has 1 heterocycles. The second kappa shape index (κ2) is 12.4. The van der Waals surface area contributed by atoms with Crippen LogP contribution in [-0.4, -0.2) is 54.5 Å². The van der Waals surface area contributed by atoms with Crippen molar-refractivity contribution in [1.29, 1.82) is 0 Å². The van der Waals surface area contributed by atoms with Crippen molar-refractivity contribution in [3.05, 3.63) is 65.7 Å². The minimum absolute atomic E-state index is 0.174. The Morgan fingerprint density at radius 2 is 1.85 bits per heavy atom. The van der Waals surface area contributed by atoms with Crippen LogP contribution < -0.4 is 4.74 Å². The molecule has 0 aromatic heterocycles. The van der Waals surface area contributed by atoms with Crippen LogP contribution in [0.4, 0.5) is 4.79 Å². The van der Waals surface area contributed by atoms with Crippen molar-refractivity contribution in [2.24, 2.45) is 5.92 Å². The molecule has 33 heavy (non-hydrogen) atoms. The fraction of sp³-hybridized carbons (Fsp3) is 0.462. The Morgan fingerprint density at radius 3 is 2.55 bits per heavy atom. The molecule has 0 bridgehead atoms. The number of carbonyl (C=O) groups is 2. The lowest BCUT2D eigenvalue weighted by atomic mass is 9.97. The molecule has 7 heteroatoms. The summed E-state index contributed by atoms with van der Waals surface area (Å²) in [6.45, 7) is 2.92. The number of hydrogen-bond acceptors (Lipinski definition) is 6. The molecule has 7 nitrogen and oxygen atoms in total. The third kappa shape index (κ3) is 7.04. The highest BCUT2D eigenvalue weighted by atomic mass is 16.6. The number of benzene rings is 2. The van der Waals surface area contributed by atoms with Gasteiger partial charge in [0.15, 0.2) is 0 Å². The summed E-state index contributed by atoms with van der Waals surface area (Å²) in [4.78, 5) is 26.4. The van der Waals surface area contributed by atoms with Crippen molar-refractivity contribution >= 4 is 12.0 Å². The van der Waals surface area contributed by atoms with Crippen molar-refractivity contribution in [2.75, 3.05) is 20.3 Å². The minimum atomic E-state index is -0.829. The minimum Gasteiger partial charge on any atom is -0.497 e. The number of carbonyl (C=O) groups excluding carboxylic acids is 2. The summed E-state index contributed by atoms with van der Waals surface area (Å²) in [5.41, 5.74) is 2.10. The van der Waals surface area contributed by atoms with Crippen molar-refractivity contribution in [2.45, 2.75) is 51.4 Å². The maximum atomic E-state index is 13.0. The fourth-order valence-corrected chi connectivity index (χ4v) is 3.87. The summed E-state index contributed by atoms with van der Waals surface area (Å²) in [6, 6.07) is 17.1. The number of cyclic esters (lactones) is 1. The molecule has 1 aliphatic heterocycles. The maximum Gasteiger partial charge on any atom is 0.416 e. The average molecular weight is 456 g/mol. The SMILES string of the molecule is COc1ccc(COCCCC[C@@H](O)[C@H](C)C(=O)N2C(=O)OC[C@@H]2Cc2ccccc2)cc1. The fourth-order valence-electron chi connectivity index (χ4n) is 3.87. The number of nitrogens with zero attached hydrogens (tertiary/aromatic N) is 1. The van der Waals surface area contributed by atoms with E-state index in [2.05, 4.69) is 0 Å². The second-order valence-corrected chi connectivity index (χ2v) is 8.38. The molecule has 0 unspecified atom stereocenters. The smallest absolute Gasteiger partial charge is 0.416 e. The van der Waals surface area contributed by atoms with E-state index in [1.807, 2.05) is 54.6 Å². The molecule has 0 spiro atoms. The number of hydrogen-bond donors (Lipinski definition) is 1. The van der Waals surface area contributed by atoms with Crippen molar-refractivity contribution in [3.8, 4) is 5.75 Å². The summed E-state index contributed by atoms with van der Waals surface area (Å²) < 4.78 is 16.0. The normalized spacial score (nSPS) is 17.5. The van der Waals surface area contributed by atoms with E-state index >= 15 is 0 Å². The molecule has 0 saturated carbocycles. The van der Waals surface area contributed by atoms with E-state index in [1.54, 1.807) is 14.0 Å². The zero-order valence-electron chi connectivity index (χ0n) is 19.3. The summed E-state index contributed by atoms with van der Waals surface area (Å²) in [5, 5.41) is 10.5. The zero-order chi connectivity index (χ0) is 23.6. The summed E-state index contributed by atoms with van der Waals surface area (Å²) in [7, 11) is 1.63. The number of aliphatic hydroxyl groups is 1. The number of ether oxygens (including phenoxy) is 3. The first-order valence-corrected chi connectivity index (χ1v) is 11.4. The highest BCUT2D eigenvalue weighted by molar-refractivity contribution is 5.94. The molecule has 2 aromatic carbocycles. The lowest BCUT2D eigenvalue weighted by molar-refractivity contribution is -0.136. The molecule has 2 aromatic rings. The van der Waals surface area contributed by atoms with Crippen molar-refractivity contribution in [1.82, 2.24) is 4.90 Å². The number of amides is 2. The molecule has 1 N–H and O–H groups in total. The Hall–Kier alpha value is -2.90. The summed E-state index contributed by atoms with van der Waals surface area (Å²) >= 11 is 0. The van der Waals surface area contributed by atoms with Gasteiger partial charge in [-0.3, -0.25) is 4.79 Å². The zero-order valence-corrected chi connectivity index (χ0v) is 19.3. The number of methoxy groups -OCH3 is 1. The summed E-state index contributed by atoms with van der Waals surface area (Å²) in [5.74, 6) is -0.263. The predicted octanol–water partition coefficient (Wildman–Crippen LogP) is 3.97. The first-order valence-electron chi connectivity index (χ1n) is 11.4. The van der Waals surface area contributed by atoms with Gasteiger partial charge in [0, 0.05) is 6.61 Å². The van der Waals surface area contributed by atoms with Crippen LogP contribution in [-0.2, 0) is 27.3 Å². The van der Waals surface area contributed by atoms with Gasteiger partial charge in [-0.25, -0.2) is 9.69 Å². The highest BCUT2D eigenvalue weighted by Crippen LogP contribution is 2.22. The molecule has 1 saturated heterocycles. The highest BCUT2D eigenvalue weighted by Gasteiger charge is 2.41. The molecular formula is C26H33NO6. The van der Waals surface area contributed by atoms with E-state index in [0.29, 0.717) is 26.1 Å². The predicted molar refractivity (Wildman–Crippen MR) is 124 cm³/mol. The molecule has 1 aliphatic rings. The van der Waals surface area contributed by atoms with Crippen LogP contribution in [0.5, 0.6) is 5.75 Å². The molecule has 2 amide bonds. The van der Waals surface area contributed by atoms with Crippen LogP contribution in [0, 0.1) is 5.92 Å². The van der Waals surface area contributed by atoms with Gasteiger partial charge < -0.3 is 19.3 Å². The maximum absolute atomic E-state index is 13.0. The number of imide groups is 1. The molecule has 3 rings (SSSR count). The molecule has 178 valence electrons. The van der Waals surface area contributed by atoms with Crippen molar-refractivity contribution < 1.29 is 28.9 Å². The number of aliphatic hydroxyl groups excluding tert-OH is 1. The van der Waals surface area contributed by atoms with Gasteiger partial charge in [-0.05, 0) is 48.9 Å². The molecular weight excluding hydrogens is 422 g/mol. The standard InChI is InChI=1S/C26H33NO6/c1-19(24(28)10-6-7-15-32-17-21-11-13-23(31-2)14-12-21)25(29)27-22(18-33-26(27)30)16-20-8-4-3-5-9-20/h3-5,8-9,11-14,19,22,24,28H,6-7,10,15-18H2,1-2H3/t19-,22-,24+/m0/s1. The van der Waals surface area contributed by atoms with Gasteiger partial charge >= 0.3 is 6.09 Å². The van der Waals surface area contributed by atoms with Gasteiger partial charge in [-0.15, -0.1) is 0 Å². The Bertz CT molecular complexity index is 885. The quantitative estimate of drug-likeness (QED) is 0.488. The topological polar surface area (TPSA) is 85.3 Å². The van der Waals surface area contributed by atoms with Gasteiger partial charge in [0.25, 0.3) is 0 Å². The van der Waals surface area contributed by atoms with Gasteiger partial charge in [0.05, 0.1) is 31.8 Å². The molecule has 1 fully saturated rings. The second-order valence-electron chi connectivity index (χ2n) is 8.38. The van der Waals surface area contributed by atoms with Crippen LogP contribution in [0.25, 0.3) is 0 Å². The van der Waals surface area contributed by atoms with Crippen LogP contribution in [0.3, 0.4) is 0 Å². The number of rotatable bonds is 12. The van der Waals surface area contributed by atoms with E-state index in [1.165, 1.54) is 4.90 Å². The lowest BCUT2D eigenvalue weighted by Gasteiger charge is -2.25. The summed E-state index contributed by atoms with van der Waals surface area (Å²) in [6.07, 6.45) is 1.03. The molecule has 0 radical (unpaired) electrons. The first-order chi connectivity index (χ1) is 16.0. The van der Waals surface area contributed by atoms with Gasteiger partial charge in [-0.1, -0.05) is 49.4 Å². The van der Waals surface area contributed by atoms with Gasteiger partial charge in [-0.2, -0.15) is 0 Å². The van der Waals surface area contributed by atoms with Crippen LogP contribution in [0.1, 0.15) is 37.3 Å². The Labute approximate surface area is 195 Å². The van der Waals surface area contributed by atoms with Gasteiger partial charge in [0.1, 0.15) is 12.4 Å². The Kier molecular flexibility index (Phi) is 9.27. The van der Waals surface area contributed by atoms with E-state index in [0.717, 1.165) is 29.7 Å². The number of unbranched alkanes of at least 4 members (excludes halogenated alkanes) is 1. The molecule has 3 atom stereocenters. The largest absolute Gasteiger partial charge is 0.497 e. The van der Waals surface area contributed by atoms with Crippen molar-refractivity contribution in [3.63, 3.8) is 0 Å². The van der Waals surface area contributed by atoms with E-state index in [4.69, 9.17) is 14.2 Å². The van der Waals surface area contributed by atoms with Crippen LogP contribution in [0.15, 0.2) is 54.6 Å². The molecule has 0 aliphatic carbocycles. The first kappa shape index (κ1) is 24.7. The Morgan fingerprint density at radius 1 is 1.12 bits per heavy atom. The van der Waals surface area contributed by atoms with E-state index in [9.17, 15) is 14.7 Å². The third-order valence-electron chi connectivity index (χ3n) is 5.95. The average Bonchev–Trinajstić information content (AvgIpc) is 3.20. The monoisotopic (exact) mass is 455 g/mol. The lowest BCUT2D eigenvalue weighted by Crippen LogP contribution is -2.45. The third-order valence-corrected chi connectivity index (χ3v) is 5.95. The van der Waals surface area contributed by atoms with Crippen LogP contribution >= 0.6 is 0 Å². The van der Waals surface area contributed by atoms with Crippen LogP contribution in [0.2, 0.25) is 0 Å². The Balaban J connectivity index is 1.39. The van der Waals surface area contributed by atoms with E-state index in [-0.39, 0.29) is 18.6 Å². The van der Waals surface area contributed by atoms with E-state index < -0.39 is 18.1 Å².